The Labute approximate surface area is 148 Å². The third-order valence-corrected chi connectivity index (χ3v) is 4.58. The van der Waals surface area contributed by atoms with E-state index in [4.69, 9.17) is 4.52 Å². The molecule has 26 heavy (non-hydrogen) atoms. The average molecular weight is 357 g/mol. The van der Waals surface area contributed by atoms with Crippen LogP contribution in [0.5, 0.6) is 0 Å². The maximum Gasteiger partial charge on any atom is 0.226 e. The highest BCUT2D eigenvalue weighted by Gasteiger charge is 2.26. The number of hydrogen-bond acceptors (Lipinski definition) is 4. The zero-order valence-electron chi connectivity index (χ0n) is 13.9. The summed E-state index contributed by atoms with van der Waals surface area (Å²) in [6.07, 6.45) is 0.737. The topological polar surface area (TPSA) is 58.4 Å². The second-order valence-corrected chi connectivity index (χ2v) is 6.40. The third kappa shape index (κ3) is 3.24. The van der Waals surface area contributed by atoms with Gasteiger partial charge in [0.05, 0.1) is 12.1 Å². The van der Waals surface area contributed by atoms with Crippen LogP contribution >= 0.6 is 0 Å². The number of carbonyl (C=O) groups is 1. The first-order valence-corrected chi connectivity index (χ1v) is 8.43. The molecule has 7 heteroatoms. The zero-order valence-corrected chi connectivity index (χ0v) is 13.9. The molecule has 1 aliphatic rings. The van der Waals surface area contributed by atoms with E-state index in [-0.39, 0.29) is 24.2 Å². The molecule has 0 radical (unpaired) electrons. The van der Waals surface area contributed by atoms with Crippen LogP contribution in [0.25, 0.3) is 11.0 Å². The predicted molar refractivity (Wildman–Crippen MR) is 92.8 cm³/mol. The van der Waals surface area contributed by atoms with Crippen LogP contribution < -0.4 is 10.2 Å². The fourth-order valence-electron chi connectivity index (χ4n) is 3.32. The van der Waals surface area contributed by atoms with Crippen molar-refractivity contribution in [3.8, 4) is 0 Å². The van der Waals surface area contributed by atoms with Gasteiger partial charge in [0.15, 0.2) is 5.58 Å². The van der Waals surface area contributed by atoms with Gasteiger partial charge in [-0.15, -0.1) is 0 Å². The molecule has 1 N–H and O–H groups in total. The van der Waals surface area contributed by atoms with Gasteiger partial charge >= 0.3 is 0 Å². The lowest BCUT2D eigenvalue weighted by molar-refractivity contribution is -0.121. The van der Waals surface area contributed by atoms with Crippen LogP contribution in [0, 0.1) is 11.6 Å². The summed E-state index contributed by atoms with van der Waals surface area (Å²) in [6, 6.07) is 10.6. The van der Waals surface area contributed by atoms with Gasteiger partial charge in [0.25, 0.3) is 0 Å². The molecule has 0 bridgehead atoms. The molecule has 0 unspecified atom stereocenters. The van der Waals surface area contributed by atoms with Gasteiger partial charge in [-0.2, -0.15) is 0 Å². The minimum atomic E-state index is -0.404. The Morgan fingerprint density at radius 3 is 2.96 bits per heavy atom. The van der Waals surface area contributed by atoms with Crippen molar-refractivity contribution in [1.29, 1.82) is 0 Å². The van der Waals surface area contributed by atoms with Crippen LogP contribution in [0.1, 0.15) is 12.1 Å². The average Bonchev–Trinajstić information content (AvgIpc) is 3.23. The molecule has 1 fully saturated rings. The summed E-state index contributed by atoms with van der Waals surface area (Å²) in [5, 5.41) is 7.30. The first-order chi connectivity index (χ1) is 12.6. The summed E-state index contributed by atoms with van der Waals surface area (Å²) in [5.74, 6) is -0.890. The summed E-state index contributed by atoms with van der Waals surface area (Å²) in [7, 11) is 0. The number of nitrogens with zero attached hydrogens (tertiary/aromatic N) is 2. The smallest absolute Gasteiger partial charge is 0.226 e. The number of anilines is 1. The lowest BCUT2D eigenvalue weighted by Crippen LogP contribution is -2.38. The molecule has 0 aliphatic carbocycles. The molecule has 134 valence electrons. The minimum absolute atomic E-state index is 0.00660. The number of amides is 1. The number of benzene rings is 2. The lowest BCUT2D eigenvalue weighted by Gasteiger charge is -2.19. The number of nitrogens with one attached hydrogen (secondary N) is 1. The van der Waals surface area contributed by atoms with Crippen molar-refractivity contribution < 1.29 is 18.1 Å². The molecule has 5 nitrogen and oxygen atoms in total. The van der Waals surface area contributed by atoms with Crippen LogP contribution in [-0.4, -0.2) is 30.2 Å². The first kappa shape index (κ1) is 16.5. The van der Waals surface area contributed by atoms with Gasteiger partial charge in [-0.3, -0.25) is 4.79 Å². The summed E-state index contributed by atoms with van der Waals surface area (Å²) < 4.78 is 32.4. The van der Waals surface area contributed by atoms with E-state index in [0.29, 0.717) is 35.4 Å². The maximum atomic E-state index is 13.9. The minimum Gasteiger partial charge on any atom is -0.367 e. The van der Waals surface area contributed by atoms with Crippen LogP contribution in [0.2, 0.25) is 0 Å². The summed E-state index contributed by atoms with van der Waals surface area (Å²) in [4.78, 5) is 14.2. The van der Waals surface area contributed by atoms with Gasteiger partial charge < -0.3 is 14.7 Å². The van der Waals surface area contributed by atoms with Crippen molar-refractivity contribution in [3.05, 3.63) is 59.8 Å². The largest absolute Gasteiger partial charge is 0.367 e. The highest BCUT2D eigenvalue weighted by molar-refractivity contribution is 5.86. The van der Waals surface area contributed by atoms with E-state index in [1.807, 2.05) is 4.90 Å². The molecule has 0 spiro atoms. The first-order valence-electron chi connectivity index (χ1n) is 8.43. The van der Waals surface area contributed by atoms with E-state index >= 15 is 0 Å². The SMILES string of the molecule is O=C(Cc1noc2ccc(F)cc12)N[C@@H]1CCN(c2ccccc2F)C1. The molecule has 1 amide bonds. The number of hydrogen-bond donors (Lipinski definition) is 1. The molecule has 1 aliphatic heterocycles. The normalized spacial score (nSPS) is 17.0. The van der Waals surface area contributed by atoms with Crippen molar-refractivity contribution in [3.63, 3.8) is 0 Å². The van der Waals surface area contributed by atoms with Crippen LogP contribution in [0.4, 0.5) is 14.5 Å². The Kier molecular flexibility index (Phi) is 4.28. The maximum absolute atomic E-state index is 13.9. The molecule has 3 aromatic rings. The highest BCUT2D eigenvalue weighted by atomic mass is 19.1. The van der Waals surface area contributed by atoms with Gasteiger partial charge in [0.1, 0.15) is 17.3 Å². The van der Waals surface area contributed by atoms with Crippen LogP contribution in [0.3, 0.4) is 0 Å². The van der Waals surface area contributed by atoms with E-state index in [0.717, 1.165) is 6.42 Å². The molecule has 2 aromatic carbocycles. The van der Waals surface area contributed by atoms with E-state index < -0.39 is 5.82 Å². The Hall–Kier alpha value is -2.96. The van der Waals surface area contributed by atoms with Gasteiger partial charge in [0.2, 0.25) is 5.91 Å². The number of fused-ring (bicyclic) bond motifs is 1. The summed E-state index contributed by atoms with van der Waals surface area (Å²) >= 11 is 0. The van der Waals surface area contributed by atoms with Gasteiger partial charge in [-0.1, -0.05) is 17.3 Å². The van der Waals surface area contributed by atoms with Gasteiger partial charge in [0, 0.05) is 24.5 Å². The number of carbonyl (C=O) groups excluding carboxylic acids is 1. The third-order valence-electron chi connectivity index (χ3n) is 4.58. The Bertz CT molecular complexity index is 957. The quantitative estimate of drug-likeness (QED) is 0.780. The molecular formula is C19H17F2N3O2. The van der Waals surface area contributed by atoms with E-state index in [1.54, 1.807) is 18.2 Å². The molecule has 0 saturated carbocycles. The number of para-hydroxylation sites is 1. The number of aromatic nitrogens is 1. The standard InChI is InChI=1S/C19H17F2N3O2/c20-12-5-6-18-14(9-12)16(23-26-18)10-19(25)22-13-7-8-24(11-13)17-4-2-1-3-15(17)21/h1-6,9,13H,7-8,10-11H2,(H,22,25)/t13-/m1/s1. The van der Waals surface area contributed by atoms with Crippen molar-refractivity contribution >= 4 is 22.6 Å². The fraction of sp³-hybridized carbons (Fsp3) is 0.263. The van der Waals surface area contributed by atoms with Crippen LogP contribution in [-0.2, 0) is 11.2 Å². The zero-order chi connectivity index (χ0) is 18.1. The number of halogens is 2. The molecule has 1 saturated heterocycles. The lowest BCUT2D eigenvalue weighted by atomic mass is 10.1. The van der Waals surface area contributed by atoms with Gasteiger partial charge in [-0.25, -0.2) is 8.78 Å². The Morgan fingerprint density at radius 1 is 1.27 bits per heavy atom. The molecule has 2 heterocycles. The molecule has 1 atom stereocenters. The van der Waals surface area contributed by atoms with Crippen molar-refractivity contribution in [2.24, 2.45) is 0 Å². The highest BCUT2D eigenvalue weighted by Crippen LogP contribution is 2.24. The Morgan fingerprint density at radius 2 is 2.12 bits per heavy atom. The molecular weight excluding hydrogens is 340 g/mol. The summed E-state index contributed by atoms with van der Waals surface area (Å²) in [6.45, 7) is 1.21. The molecule has 1 aromatic heterocycles. The predicted octanol–water partition coefficient (Wildman–Crippen LogP) is 3.04. The van der Waals surface area contributed by atoms with Crippen molar-refractivity contribution in [2.45, 2.75) is 18.9 Å². The summed E-state index contributed by atoms with van der Waals surface area (Å²) in [5.41, 5.74) is 1.39. The van der Waals surface area contributed by atoms with E-state index in [2.05, 4.69) is 10.5 Å². The second-order valence-electron chi connectivity index (χ2n) is 6.40. The van der Waals surface area contributed by atoms with Crippen LogP contribution in [0.15, 0.2) is 47.0 Å². The monoisotopic (exact) mass is 357 g/mol. The van der Waals surface area contributed by atoms with Crippen molar-refractivity contribution in [1.82, 2.24) is 10.5 Å². The number of rotatable bonds is 4. The van der Waals surface area contributed by atoms with Crippen molar-refractivity contribution in [2.75, 3.05) is 18.0 Å². The molecule has 4 rings (SSSR count). The Balaban J connectivity index is 1.39. The fourth-order valence-corrected chi connectivity index (χ4v) is 3.32. The van der Waals surface area contributed by atoms with E-state index in [1.165, 1.54) is 24.3 Å². The van der Waals surface area contributed by atoms with E-state index in [9.17, 15) is 13.6 Å². The second kappa shape index (κ2) is 6.74. The van der Waals surface area contributed by atoms with Gasteiger partial charge in [-0.05, 0) is 36.8 Å².